The second-order valence-corrected chi connectivity index (χ2v) is 4.68. The molecule has 18 heavy (non-hydrogen) atoms. The van der Waals surface area contributed by atoms with Crippen LogP contribution in [0, 0.1) is 11.7 Å². The van der Waals surface area contributed by atoms with Crippen molar-refractivity contribution in [3.8, 4) is 0 Å². The minimum Gasteiger partial charge on any atom is -0.339 e. The molecule has 0 atom stereocenters. The van der Waals surface area contributed by atoms with Gasteiger partial charge in [-0.05, 0) is 44.0 Å². The standard InChI is InChI=1S/C14H16FNO2/c1-10(17)11-6-8-16(9-7-11)14(18)12-2-4-13(15)5-3-12/h2-5,11H,6-9H2,1H3. The quantitative estimate of drug-likeness (QED) is 0.806. The lowest BCUT2D eigenvalue weighted by atomic mass is 9.93. The van der Waals surface area contributed by atoms with E-state index in [-0.39, 0.29) is 23.4 Å². The molecule has 0 aliphatic carbocycles. The van der Waals surface area contributed by atoms with E-state index in [1.54, 1.807) is 11.8 Å². The molecule has 1 heterocycles. The molecular formula is C14H16FNO2. The molecular weight excluding hydrogens is 233 g/mol. The monoisotopic (exact) mass is 249 g/mol. The molecule has 1 aromatic carbocycles. The van der Waals surface area contributed by atoms with E-state index in [1.807, 2.05) is 0 Å². The van der Waals surface area contributed by atoms with E-state index in [9.17, 15) is 14.0 Å². The van der Waals surface area contributed by atoms with Crippen LogP contribution in [-0.4, -0.2) is 29.7 Å². The van der Waals surface area contributed by atoms with Gasteiger partial charge in [0.1, 0.15) is 11.6 Å². The van der Waals surface area contributed by atoms with Gasteiger partial charge in [-0.1, -0.05) is 0 Å². The zero-order valence-electron chi connectivity index (χ0n) is 10.4. The predicted molar refractivity (Wildman–Crippen MR) is 65.7 cm³/mol. The van der Waals surface area contributed by atoms with E-state index in [1.165, 1.54) is 24.3 Å². The third kappa shape index (κ3) is 2.75. The Morgan fingerprint density at radius 2 is 1.72 bits per heavy atom. The van der Waals surface area contributed by atoms with Crippen LogP contribution in [-0.2, 0) is 4.79 Å². The lowest BCUT2D eigenvalue weighted by Gasteiger charge is -2.30. The van der Waals surface area contributed by atoms with Gasteiger partial charge in [0.05, 0.1) is 0 Å². The minimum atomic E-state index is -0.346. The topological polar surface area (TPSA) is 37.4 Å². The molecule has 0 saturated carbocycles. The van der Waals surface area contributed by atoms with Gasteiger partial charge in [-0.3, -0.25) is 9.59 Å². The maximum absolute atomic E-state index is 12.8. The largest absolute Gasteiger partial charge is 0.339 e. The number of halogens is 1. The third-order valence-corrected chi connectivity index (χ3v) is 3.45. The maximum atomic E-state index is 12.8. The van der Waals surface area contributed by atoms with Gasteiger partial charge in [0.25, 0.3) is 5.91 Å². The highest BCUT2D eigenvalue weighted by Crippen LogP contribution is 2.19. The van der Waals surface area contributed by atoms with Crippen molar-refractivity contribution in [3.63, 3.8) is 0 Å². The Bertz CT molecular complexity index is 447. The first-order valence-electron chi connectivity index (χ1n) is 6.13. The molecule has 1 fully saturated rings. The number of benzene rings is 1. The summed E-state index contributed by atoms with van der Waals surface area (Å²) in [5.41, 5.74) is 0.498. The summed E-state index contributed by atoms with van der Waals surface area (Å²) in [6.07, 6.45) is 1.45. The van der Waals surface area contributed by atoms with Gasteiger partial charge >= 0.3 is 0 Å². The van der Waals surface area contributed by atoms with Crippen molar-refractivity contribution in [1.82, 2.24) is 4.90 Å². The zero-order chi connectivity index (χ0) is 13.1. The second kappa shape index (κ2) is 5.29. The summed E-state index contributed by atoms with van der Waals surface area (Å²) >= 11 is 0. The van der Waals surface area contributed by atoms with Crippen molar-refractivity contribution in [3.05, 3.63) is 35.6 Å². The SMILES string of the molecule is CC(=O)C1CCN(C(=O)c2ccc(F)cc2)CC1. The van der Waals surface area contributed by atoms with Crippen LogP contribution in [0.5, 0.6) is 0 Å². The van der Waals surface area contributed by atoms with Gasteiger partial charge in [0, 0.05) is 24.6 Å². The Labute approximate surface area is 106 Å². The van der Waals surface area contributed by atoms with Crippen LogP contribution in [0.2, 0.25) is 0 Å². The Morgan fingerprint density at radius 3 is 2.22 bits per heavy atom. The number of carbonyl (C=O) groups excluding carboxylic acids is 2. The van der Waals surface area contributed by atoms with Crippen molar-refractivity contribution in [2.75, 3.05) is 13.1 Å². The van der Waals surface area contributed by atoms with Crippen molar-refractivity contribution in [2.45, 2.75) is 19.8 Å². The number of carbonyl (C=O) groups is 2. The molecule has 1 aliphatic rings. The molecule has 0 spiro atoms. The van der Waals surface area contributed by atoms with Gasteiger partial charge in [0.2, 0.25) is 0 Å². The highest BCUT2D eigenvalue weighted by Gasteiger charge is 2.25. The third-order valence-electron chi connectivity index (χ3n) is 3.45. The summed E-state index contributed by atoms with van der Waals surface area (Å²) in [7, 11) is 0. The smallest absolute Gasteiger partial charge is 0.253 e. The van der Waals surface area contributed by atoms with E-state index in [0.29, 0.717) is 18.7 Å². The molecule has 1 amide bonds. The number of hydrogen-bond donors (Lipinski definition) is 0. The number of rotatable bonds is 2. The van der Waals surface area contributed by atoms with Crippen molar-refractivity contribution >= 4 is 11.7 Å². The number of nitrogens with zero attached hydrogens (tertiary/aromatic N) is 1. The Balaban J connectivity index is 1.99. The number of piperidine rings is 1. The molecule has 0 aromatic heterocycles. The van der Waals surface area contributed by atoms with E-state index in [2.05, 4.69) is 0 Å². The van der Waals surface area contributed by atoms with Gasteiger partial charge < -0.3 is 4.90 Å². The first-order valence-corrected chi connectivity index (χ1v) is 6.13. The molecule has 1 aliphatic heterocycles. The van der Waals surface area contributed by atoms with Gasteiger partial charge in [0.15, 0.2) is 0 Å². The van der Waals surface area contributed by atoms with Gasteiger partial charge in [-0.15, -0.1) is 0 Å². The molecule has 0 bridgehead atoms. The summed E-state index contributed by atoms with van der Waals surface area (Å²) in [5.74, 6) is -0.148. The van der Waals surface area contributed by atoms with E-state index < -0.39 is 0 Å². The highest BCUT2D eigenvalue weighted by molar-refractivity contribution is 5.94. The molecule has 0 radical (unpaired) electrons. The number of ketones is 1. The average molecular weight is 249 g/mol. The van der Waals surface area contributed by atoms with Crippen LogP contribution in [0.1, 0.15) is 30.1 Å². The van der Waals surface area contributed by atoms with Crippen LogP contribution in [0.25, 0.3) is 0 Å². The van der Waals surface area contributed by atoms with Crippen molar-refractivity contribution < 1.29 is 14.0 Å². The summed E-state index contributed by atoms with van der Waals surface area (Å²) in [6.45, 7) is 2.79. The molecule has 4 heteroatoms. The van der Waals surface area contributed by atoms with E-state index in [0.717, 1.165) is 12.8 Å². The number of hydrogen-bond acceptors (Lipinski definition) is 2. The summed E-state index contributed by atoms with van der Waals surface area (Å²) in [4.78, 5) is 25.1. The summed E-state index contributed by atoms with van der Waals surface area (Å²) in [5, 5.41) is 0. The van der Waals surface area contributed by atoms with Crippen LogP contribution >= 0.6 is 0 Å². The fourth-order valence-corrected chi connectivity index (χ4v) is 2.26. The minimum absolute atomic E-state index is 0.0854. The first kappa shape index (κ1) is 12.7. The van der Waals surface area contributed by atoms with Crippen molar-refractivity contribution in [1.29, 1.82) is 0 Å². The molecule has 0 N–H and O–H groups in total. The Morgan fingerprint density at radius 1 is 1.17 bits per heavy atom. The molecule has 96 valence electrons. The molecule has 2 rings (SSSR count). The van der Waals surface area contributed by atoms with Crippen LogP contribution in [0.4, 0.5) is 4.39 Å². The average Bonchev–Trinajstić information content (AvgIpc) is 2.39. The van der Waals surface area contributed by atoms with E-state index >= 15 is 0 Å². The lowest BCUT2D eigenvalue weighted by molar-refractivity contribution is -0.121. The van der Waals surface area contributed by atoms with E-state index in [4.69, 9.17) is 0 Å². The summed E-state index contributed by atoms with van der Waals surface area (Å²) < 4.78 is 12.8. The number of amides is 1. The maximum Gasteiger partial charge on any atom is 0.253 e. The zero-order valence-corrected chi connectivity index (χ0v) is 10.4. The fraction of sp³-hybridized carbons (Fsp3) is 0.429. The fourth-order valence-electron chi connectivity index (χ4n) is 2.26. The Kier molecular flexibility index (Phi) is 3.75. The van der Waals surface area contributed by atoms with Crippen LogP contribution in [0.15, 0.2) is 24.3 Å². The molecule has 3 nitrogen and oxygen atoms in total. The second-order valence-electron chi connectivity index (χ2n) is 4.68. The number of likely N-dealkylation sites (tertiary alicyclic amines) is 1. The molecule has 1 saturated heterocycles. The normalized spacial score (nSPS) is 16.7. The lowest BCUT2D eigenvalue weighted by Crippen LogP contribution is -2.39. The van der Waals surface area contributed by atoms with Crippen molar-refractivity contribution in [2.24, 2.45) is 5.92 Å². The predicted octanol–water partition coefficient (Wildman–Crippen LogP) is 2.27. The van der Waals surface area contributed by atoms with Gasteiger partial charge in [-0.25, -0.2) is 4.39 Å². The highest BCUT2D eigenvalue weighted by atomic mass is 19.1. The van der Waals surface area contributed by atoms with Gasteiger partial charge in [-0.2, -0.15) is 0 Å². The molecule has 0 unspecified atom stereocenters. The first-order chi connectivity index (χ1) is 8.58. The van der Waals surface area contributed by atoms with Crippen LogP contribution < -0.4 is 0 Å². The van der Waals surface area contributed by atoms with Crippen LogP contribution in [0.3, 0.4) is 0 Å². The summed E-state index contributed by atoms with van der Waals surface area (Å²) in [6, 6.07) is 5.56. The number of Topliss-reactive ketones (excluding diaryl/α,β-unsaturated/α-hetero) is 1. The Hall–Kier alpha value is -1.71. The molecule has 1 aromatic rings.